The van der Waals surface area contributed by atoms with Gasteiger partial charge in [0.1, 0.15) is 18.2 Å². The van der Waals surface area contributed by atoms with Crippen molar-refractivity contribution in [2.45, 2.75) is 58.4 Å². The van der Waals surface area contributed by atoms with Crippen molar-refractivity contribution in [2.75, 3.05) is 13.2 Å². The van der Waals surface area contributed by atoms with E-state index in [0.29, 0.717) is 13.2 Å². The summed E-state index contributed by atoms with van der Waals surface area (Å²) in [7, 11) is 0. The first-order chi connectivity index (χ1) is 15.2. The number of ether oxygens (including phenoxy) is 1. The number of rotatable bonds is 9. The maximum Gasteiger partial charge on any atom is 0.223 e. The summed E-state index contributed by atoms with van der Waals surface area (Å²) >= 11 is 0. The third-order valence-corrected chi connectivity index (χ3v) is 6.27. The molecular weight excluding hydrogens is 386 g/mol. The Labute approximate surface area is 184 Å². The Bertz CT molecular complexity index is 988. The van der Waals surface area contributed by atoms with Gasteiger partial charge in [0.25, 0.3) is 0 Å². The number of nitrogens with one attached hydrogen (secondary N) is 1. The molecule has 31 heavy (non-hydrogen) atoms. The number of carbonyl (C=O) groups is 1. The Morgan fingerprint density at radius 3 is 2.65 bits per heavy atom. The van der Waals surface area contributed by atoms with Crippen molar-refractivity contribution in [1.82, 2.24) is 14.9 Å². The van der Waals surface area contributed by atoms with Crippen LogP contribution in [0.2, 0.25) is 0 Å². The Morgan fingerprint density at radius 1 is 1.10 bits per heavy atom. The highest BCUT2D eigenvalue weighted by Gasteiger charge is 2.20. The van der Waals surface area contributed by atoms with Gasteiger partial charge in [0.05, 0.1) is 17.6 Å². The van der Waals surface area contributed by atoms with Gasteiger partial charge in [0.2, 0.25) is 5.91 Å². The van der Waals surface area contributed by atoms with Crippen LogP contribution < -0.4 is 10.1 Å². The van der Waals surface area contributed by atoms with Crippen molar-refractivity contribution in [3.8, 4) is 5.75 Å². The first kappa shape index (κ1) is 21.4. The van der Waals surface area contributed by atoms with Gasteiger partial charge in [-0.25, -0.2) is 4.98 Å². The van der Waals surface area contributed by atoms with Gasteiger partial charge in [-0.05, 0) is 49.1 Å². The molecule has 0 radical (unpaired) electrons. The quantitative estimate of drug-likeness (QED) is 0.536. The molecule has 1 N–H and O–H groups in total. The summed E-state index contributed by atoms with van der Waals surface area (Å²) in [5.41, 5.74) is 3.41. The number of carbonyl (C=O) groups excluding carboxylic acids is 1. The summed E-state index contributed by atoms with van der Waals surface area (Å²) in [5.74, 6) is 2.29. The van der Waals surface area contributed by atoms with E-state index in [4.69, 9.17) is 9.72 Å². The van der Waals surface area contributed by atoms with Crippen LogP contribution in [0.5, 0.6) is 5.75 Å². The van der Waals surface area contributed by atoms with E-state index in [1.807, 2.05) is 30.3 Å². The maximum atomic E-state index is 12.5. The fourth-order valence-corrected chi connectivity index (χ4v) is 4.45. The molecule has 0 spiro atoms. The largest absolute Gasteiger partial charge is 0.492 e. The van der Waals surface area contributed by atoms with E-state index in [9.17, 15) is 4.79 Å². The molecule has 1 aromatic heterocycles. The molecule has 1 aliphatic carbocycles. The third kappa shape index (κ3) is 5.46. The molecule has 4 rings (SSSR count). The number of amides is 1. The SMILES string of the molecule is CCc1ccc(OCCn2c(CCNC(=O)C3CCCCC3)nc3ccccc32)cc1. The van der Waals surface area contributed by atoms with Crippen LogP contribution in [0.1, 0.15) is 50.4 Å². The molecular formula is C26H33N3O2. The summed E-state index contributed by atoms with van der Waals surface area (Å²) in [4.78, 5) is 17.3. The summed E-state index contributed by atoms with van der Waals surface area (Å²) in [5, 5.41) is 3.14. The monoisotopic (exact) mass is 419 g/mol. The molecule has 1 heterocycles. The molecule has 5 nitrogen and oxygen atoms in total. The van der Waals surface area contributed by atoms with Crippen molar-refractivity contribution < 1.29 is 9.53 Å². The molecule has 3 aromatic rings. The molecule has 0 saturated heterocycles. The predicted octanol–water partition coefficient (Wildman–Crippen LogP) is 4.92. The number of aromatic nitrogens is 2. The van der Waals surface area contributed by atoms with Gasteiger partial charge < -0.3 is 14.6 Å². The number of imidazole rings is 1. The zero-order valence-electron chi connectivity index (χ0n) is 18.5. The molecule has 1 amide bonds. The Balaban J connectivity index is 1.37. The second-order valence-electron chi connectivity index (χ2n) is 8.39. The van der Waals surface area contributed by atoms with Crippen LogP contribution in [0.3, 0.4) is 0 Å². The highest BCUT2D eigenvalue weighted by atomic mass is 16.5. The molecule has 1 aliphatic rings. The predicted molar refractivity (Wildman–Crippen MR) is 124 cm³/mol. The normalized spacial score (nSPS) is 14.6. The standard InChI is InChI=1S/C26H33N3O2/c1-2-20-12-14-22(15-13-20)31-19-18-29-24-11-7-6-10-23(24)28-25(29)16-17-27-26(30)21-8-4-3-5-9-21/h6-7,10-15,21H,2-5,8-9,16-19H2,1H3,(H,27,30). The number of nitrogens with zero attached hydrogens (tertiary/aromatic N) is 2. The van der Waals surface area contributed by atoms with Gasteiger partial charge in [-0.1, -0.05) is 50.5 Å². The molecule has 0 unspecified atom stereocenters. The molecule has 0 bridgehead atoms. The van der Waals surface area contributed by atoms with E-state index in [1.165, 1.54) is 24.8 Å². The van der Waals surface area contributed by atoms with Crippen molar-refractivity contribution in [1.29, 1.82) is 0 Å². The van der Waals surface area contributed by atoms with Gasteiger partial charge in [-0.3, -0.25) is 4.79 Å². The summed E-state index contributed by atoms with van der Waals surface area (Å²) in [6.45, 7) is 4.08. The van der Waals surface area contributed by atoms with Crippen LogP contribution in [0.4, 0.5) is 0 Å². The van der Waals surface area contributed by atoms with Crippen LogP contribution in [-0.2, 0) is 24.2 Å². The Morgan fingerprint density at radius 2 is 1.87 bits per heavy atom. The zero-order valence-corrected chi connectivity index (χ0v) is 18.5. The number of hydrogen-bond donors (Lipinski definition) is 1. The van der Waals surface area contributed by atoms with E-state index >= 15 is 0 Å². The van der Waals surface area contributed by atoms with E-state index in [1.54, 1.807) is 0 Å². The Hall–Kier alpha value is -2.82. The average Bonchev–Trinajstić information content (AvgIpc) is 3.17. The lowest BCUT2D eigenvalue weighted by Crippen LogP contribution is -2.33. The second-order valence-corrected chi connectivity index (χ2v) is 8.39. The molecule has 5 heteroatoms. The number of aryl methyl sites for hydroxylation is 1. The fourth-order valence-electron chi connectivity index (χ4n) is 4.45. The van der Waals surface area contributed by atoms with Crippen molar-refractivity contribution in [3.05, 3.63) is 59.9 Å². The smallest absolute Gasteiger partial charge is 0.223 e. The zero-order chi connectivity index (χ0) is 21.5. The number of hydrogen-bond acceptors (Lipinski definition) is 3. The lowest BCUT2D eigenvalue weighted by molar-refractivity contribution is -0.125. The number of para-hydroxylation sites is 2. The Kier molecular flexibility index (Phi) is 7.23. The lowest BCUT2D eigenvalue weighted by Gasteiger charge is -2.20. The number of fused-ring (bicyclic) bond motifs is 1. The van der Waals surface area contributed by atoms with Crippen LogP contribution in [-0.4, -0.2) is 28.6 Å². The van der Waals surface area contributed by atoms with Crippen LogP contribution in [0.15, 0.2) is 48.5 Å². The van der Waals surface area contributed by atoms with Crippen molar-refractivity contribution in [3.63, 3.8) is 0 Å². The minimum atomic E-state index is 0.195. The highest BCUT2D eigenvalue weighted by molar-refractivity contribution is 5.78. The summed E-state index contributed by atoms with van der Waals surface area (Å²) in [6.07, 6.45) is 7.42. The molecule has 2 aromatic carbocycles. The molecule has 0 atom stereocenters. The third-order valence-electron chi connectivity index (χ3n) is 6.27. The first-order valence-electron chi connectivity index (χ1n) is 11.7. The van der Waals surface area contributed by atoms with Gasteiger partial charge >= 0.3 is 0 Å². The van der Waals surface area contributed by atoms with Crippen LogP contribution >= 0.6 is 0 Å². The first-order valence-corrected chi connectivity index (χ1v) is 11.7. The van der Waals surface area contributed by atoms with Gasteiger partial charge in [0.15, 0.2) is 0 Å². The average molecular weight is 420 g/mol. The molecule has 164 valence electrons. The maximum absolute atomic E-state index is 12.5. The molecule has 1 saturated carbocycles. The summed E-state index contributed by atoms with van der Waals surface area (Å²) < 4.78 is 8.21. The van der Waals surface area contributed by atoms with E-state index in [-0.39, 0.29) is 11.8 Å². The highest BCUT2D eigenvalue weighted by Crippen LogP contribution is 2.23. The van der Waals surface area contributed by atoms with Crippen LogP contribution in [0, 0.1) is 5.92 Å². The van der Waals surface area contributed by atoms with Crippen molar-refractivity contribution in [2.24, 2.45) is 5.92 Å². The molecule has 0 aliphatic heterocycles. The van der Waals surface area contributed by atoms with E-state index in [0.717, 1.165) is 54.8 Å². The fraction of sp³-hybridized carbons (Fsp3) is 0.462. The van der Waals surface area contributed by atoms with Crippen molar-refractivity contribution >= 4 is 16.9 Å². The summed E-state index contributed by atoms with van der Waals surface area (Å²) in [6, 6.07) is 16.5. The van der Waals surface area contributed by atoms with Crippen LogP contribution in [0.25, 0.3) is 11.0 Å². The van der Waals surface area contributed by atoms with Gasteiger partial charge in [0, 0.05) is 18.9 Å². The minimum Gasteiger partial charge on any atom is -0.492 e. The second kappa shape index (κ2) is 10.5. The van der Waals surface area contributed by atoms with E-state index < -0.39 is 0 Å². The topological polar surface area (TPSA) is 56.1 Å². The minimum absolute atomic E-state index is 0.195. The van der Waals surface area contributed by atoms with Gasteiger partial charge in [-0.2, -0.15) is 0 Å². The number of benzene rings is 2. The van der Waals surface area contributed by atoms with Gasteiger partial charge in [-0.15, -0.1) is 0 Å². The lowest BCUT2D eigenvalue weighted by atomic mass is 9.89. The van der Waals surface area contributed by atoms with E-state index in [2.05, 4.69) is 35.0 Å². The molecule has 1 fully saturated rings.